The maximum Gasteiger partial charge on any atom is 0.289 e. The van der Waals surface area contributed by atoms with E-state index in [4.69, 9.17) is 4.42 Å². The Hall–Kier alpha value is -2.83. The topological polar surface area (TPSA) is 78.7 Å². The summed E-state index contributed by atoms with van der Waals surface area (Å²) < 4.78 is 5.19. The minimum absolute atomic E-state index is 0.0134. The van der Waals surface area contributed by atoms with Gasteiger partial charge in [0.1, 0.15) is 5.82 Å². The van der Waals surface area contributed by atoms with Crippen molar-refractivity contribution in [2.75, 3.05) is 31.1 Å². The molecule has 0 unspecified atom stereocenters. The molecule has 0 saturated carbocycles. The predicted octanol–water partition coefficient (Wildman–Crippen LogP) is 2.44. The molecule has 4 heterocycles. The molecule has 7 nitrogen and oxygen atoms in total. The molecule has 2 aliphatic rings. The Morgan fingerprint density at radius 1 is 1.14 bits per heavy atom. The molecule has 0 aliphatic carbocycles. The van der Waals surface area contributed by atoms with E-state index in [1.165, 1.54) is 19.1 Å². The lowest BCUT2D eigenvalue weighted by molar-refractivity contribution is -0.126. The Labute approximate surface area is 164 Å². The summed E-state index contributed by atoms with van der Waals surface area (Å²) >= 11 is 0. The molecule has 2 saturated heterocycles. The number of furan rings is 1. The van der Waals surface area contributed by atoms with Gasteiger partial charge in [-0.1, -0.05) is 6.07 Å². The van der Waals surface area contributed by atoms with Gasteiger partial charge < -0.3 is 19.5 Å². The monoisotopic (exact) mass is 382 g/mol. The Balaban J connectivity index is 1.29. The number of rotatable bonds is 5. The zero-order chi connectivity index (χ0) is 19.3. The zero-order valence-electron chi connectivity index (χ0n) is 16.0. The van der Waals surface area contributed by atoms with E-state index in [9.17, 15) is 9.59 Å². The molecule has 0 aromatic carbocycles. The minimum Gasteiger partial charge on any atom is -0.459 e. The summed E-state index contributed by atoms with van der Waals surface area (Å²) in [6, 6.07) is 7.40. The maximum atomic E-state index is 12.6. The molecule has 2 fully saturated rings. The van der Waals surface area contributed by atoms with Gasteiger partial charge in [0.05, 0.1) is 12.2 Å². The van der Waals surface area contributed by atoms with Crippen molar-refractivity contribution in [2.24, 2.45) is 5.92 Å². The SMILES string of the molecule is O=C(NCc1ccc(N2CCCC2)nc1)[C@@H]1CCCN(C(=O)c2ccco2)C1. The Kier molecular flexibility index (Phi) is 5.60. The van der Waals surface area contributed by atoms with Crippen LogP contribution in [0.4, 0.5) is 5.82 Å². The van der Waals surface area contributed by atoms with Crippen molar-refractivity contribution in [3.8, 4) is 0 Å². The molecule has 0 bridgehead atoms. The highest BCUT2D eigenvalue weighted by Crippen LogP contribution is 2.20. The molecule has 28 heavy (non-hydrogen) atoms. The second kappa shape index (κ2) is 8.46. The van der Waals surface area contributed by atoms with E-state index in [1.54, 1.807) is 17.0 Å². The standard InChI is InChI=1S/C21H26N4O3/c26-20(17-5-3-11-25(15-17)21(27)18-6-4-12-28-18)23-14-16-7-8-19(22-13-16)24-9-1-2-10-24/h4,6-8,12-13,17H,1-3,5,9-11,14-15H2,(H,23,26)/t17-/m1/s1. The number of hydrogen-bond acceptors (Lipinski definition) is 5. The van der Waals surface area contributed by atoms with E-state index in [-0.39, 0.29) is 17.7 Å². The fourth-order valence-corrected chi connectivity index (χ4v) is 3.92. The molecule has 0 radical (unpaired) electrons. The van der Waals surface area contributed by atoms with Crippen molar-refractivity contribution in [1.82, 2.24) is 15.2 Å². The normalized spacial score (nSPS) is 19.6. The summed E-state index contributed by atoms with van der Waals surface area (Å²) in [5, 5.41) is 3.00. The molecule has 2 aromatic rings. The number of hydrogen-bond donors (Lipinski definition) is 1. The van der Waals surface area contributed by atoms with Crippen LogP contribution in [-0.2, 0) is 11.3 Å². The van der Waals surface area contributed by atoms with Crippen LogP contribution in [0.1, 0.15) is 41.8 Å². The van der Waals surface area contributed by atoms with Crippen LogP contribution in [0, 0.1) is 5.92 Å². The molecule has 1 N–H and O–H groups in total. The number of nitrogens with zero attached hydrogens (tertiary/aromatic N) is 3. The lowest BCUT2D eigenvalue weighted by atomic mass is 9.97. The van der Waals surface area contributed by atoms with Crippen LogP contribution in [-0.4, -0.2) is 47.9 Å². The van der Waals surface area contributed by atoms with Crippen molar-refractivity contribution >= 4 is 17.6 Å². The van der Waals surface area contributed by atoms with Gasteiger partial charge in [-0.2, -0.15) is 0 Å². The van der Waals surface area contributed by atoms with Gasteiger partial charge in [-0.3, -0.25) is 9.59 Å². The van der Waals surface area contributed by atoms with Crippen LogP contribution in [0.5, 0.6) is 0 Å². The number of carbonyl (C=O) groups is 2. The first kappa shape index (κ1) is 18.5. The lowest BCUT2D eigenvalue weighted by Gasteiger charge is -2.31. The first-order chi connectivity index (χ1) is 13.7. The second-order valence-corrected chi connectivity index (χ2v) is 7.50. The first-order valence-electron chi connectivity index (χ1n) is 10.0. The highest BCUT2D eigenvalue weighted by atomic mass is 16.3. The molecule has 2 aromatic heterocycles. The fraction of sp³-hybridized carbons (Fsp3) is 0.476. The molecule has 1 atom stereocenters. The molecule has 148 valence electrons. The Morgan fingerprint density at radius 2 is 2.00 bits per heavy atom. The number of carbonyl (C=O) groups excluding carboxylic acids is 2. The number of amides is 2. The van der Waals surface area contributed by atoms with Crippen LogP contribution in [0.2, 0.25) is 0 Å². The van der Waals surface area contributed by atoms with Gasteiger partial charge in [-0.25, -0.2) is 4.98 Å². The largest absolute Gasteiger partial charge is 0.459 e. The summed E-state index contributed by atoms with van der Waals surface area (Å²) in [6.45, 7) is 3.67. The van der Waals surface area contributed by atoms with Gasteiger partial charge in [0.25, 0.3) is 5.91 Å². The Bertz CT molecular complexity index is 798. The molecule has 0 spiro atoms. The third-order valence-corrected chi connectivity index (χ3v) is 5.52. The van der Waals surface area contributed by atoms with E-state index >= 15 is 0 Å². The van der Waals surface area contributed by atoms with Gasteiger partial charge in [0.2, 0.25) is 5.91 Å². The van der Waals surface area contributed by atoms with Gasteiger partial charge in [-0.05, 0) is 49.4 Å². The second-order valence-electron chi connectivity index (χ2n) is 7.50. The van der Waals surface area contributed by atoms with Gasteiger partial charge >= 0.3 is 0 Å². The van der Waals surface area contributed by atoms with E-state index in [2.05, 4.69) is 15.2 Å². The third kappa shape index (κ3) is 4.18. The van der Waals surface area contributed by atoms with Crippen LogP contribution < -0.4 is 10.2 Å². The maximum absolute atomic E-state index is 12.6. The highest BCUT2D eigenvalue weighted by Gasteiger charge is 2.29. The number of likely N-dealkylation sites (tertiary alicyclic amines) is 1. The summed E-state index contributed by atoms with van der Waals surface area (Å²) in [5.74, 6) is 0.978. The Morgan fingerprint density at radius 3 is 2.71 bits per heavy atom. The number of aromatic nitrogens is 1. The summed E-state index contributed by atoms with van der Waals surface area (Å²) in [7, 11) is 0. The summed E-state index contributed by atoms with van der Waals surface area (Å²) in [4.78, 5) is 33.6. The number of anilines is 1. The van der Waals surface area contributed by atoms with E-state index in [0.717, 1.165) is 37.3 Å². The van der Waals surface area contributed by atoms with Crippen LogP contribution in [0.25, 0.3) is 0 Å². The molecule has 7 heteroatoms. The zero-order valence-corrected chi connectivity index (χ0v) is 16.0. The van der Waals surface area contributed by atoms with E-state index in [0.29, 0.717) is 25.4 Å². The van der Waals surface area contributed by atoms with Crippen molar-refractivity contribution < 1.29 is 14.0 Å². The average Bonchev–Trinajstić information content (AvgIpc) is 3.46. The van der Waals surface area contributed by atoms with E-state index in [1.807, 2.05) is 18.3 Å². The molecule has 2 amide bonds. The molecule has 4 rings (SSSR count). The first-order valence-corrected chi connectivity index (χ1v) is 10.0. The predicted molar refractivity (Wildman–Crippen MR) is 105 cm³/mol. The average molecular weight is 382 g/mol. The molecular weight excluding hydrogens is 356 g/mol. The molecule has 2 aliphatic heterocycles. The van der Waals surface area contributed by atoms with Crippen LogP contribution in [0.3, 0.4) is 0 Å². The fourth-order valence-electron chi connectivity index (χ4n) is 3.92. The van der Waals surface area contributed by atoms with Crippen molar-refractivity contribution in [1.29, 1.82) is 0 Å². The van der Waals surface area contributed by atoms with Crippen LogP contribution >= 0.6 is 0 Å². The van der Waals surface area contributed by atoms with Gasteiger partial charge in [0, 0.05) is 38.9 Å². The van der Waals surface area contributed by atoms with Crippen molar-refractivity contribution in [3.05, 3.63) is 48.0 Å². The quantitative estimate of drug-likeness (QED) is 0.859. The third-order valence-electron chi connectivity index (χ3n) is 5.52. The molecular formula is C21H26N4O3. The summed E-state index contributed by atoms with van der Waals surface area (Å²) in [6.07, 6.45) is 7.38. The minimum atomic E-state index is -0.190. The van der Waals surface area contributed by atoms with Gasteiger partial charge in [0.15, 0.2) is 5.76 Å². The number of piperidine rings is 1. The van der Waals surface area contributed by atoms with E-state index < -0.39 is 0 Å². The van der Waals surface area contributed by atoms with Crippen molar-refractivity contribution in [3.63, 3.8) is 0 Å². The lowest BCUT2D eigenvalue weighted by Crippen LogP contribution is -2.45. The van der Waals surface area contributed by atoms with Gasteiger partial charge in [-0.15, -0.1) is 0 Å². The smallest absolute Gasteiger partial charge is 0.289 e. The number of nitrogens with one attached hydrogen (secondary N) is 1. The number of pyridine rings is 1. The summed E-state index contributed by atoms with van der Waals surface area (Å²) in [5.41, 5.74) is 0.982. The highest BCUT2D eigenvalue weighted by molar-refractivity contribution is 5.92. The van der Waals surface area contributed by atoms with Crippen molar-refractivity contribution in [2.45, 2.75) is 32.2 Å². The van der Waals surface area contributed by atoms with Crippen LogP contribution in [0.15, 0.2) is 41.1 Å².